The lowest BCUT2D eigenvalue weighted by atomic mass is 9.98. The fourth-order valence-electron chi connectivity index (χ4n) is 2.74. The van der Waals surface area contributed by atoms with Crippen molar-refractivity contribution in [1.29, 1.82) is 0 Å². The Labute approximate surface area is 129 Å². The third-order valence-corrected chi connectivity index (χ3v) is 4.24. The molecular weight excluding hydrogens is 242 g/mol. The van der Waals surface area contributed by atoms with E-state index >= 15 is 0 Å². The first-order valence-electron chi connectivity index (χ1n) is 9.40. The van der Waals surface area contributed by atoms with Crippen LogP contribution < -0.4 is 5.32 Å². The van der Waals surface area contributed by atoms with Gasteiger partial charge in [-0.3, -0.25) is 0 Å². The van der Waals surface area contributed by atoms with Crippen molar-refractivity contribution in [2.24, 2.45) is 5.92 Å². The lowest BCUT2D eigenvalue weighted by Crippen LogP contribution is -2.24. The molecule has 0 amide bonds. The maximum absolute atomic E-state index is 3.52. The molecule has 0 bridgehead atoms. The highest BCUT2D eigenvalue weighted by Gasteiger charge is 2.02. The molecule has 0 aliphatic carbocycles. The Balaban J connectivity index is 3.11. The molecule has 0 aliphatic rings. The van der Waals surface area contributed by atoms with E-state index in [1.54, 1.807) is 0 Å². The Kier molecular flexibility index (Phi) is 15.3. The van der Waals surface area contributed by atoms with E-state index < -0.39 is 0 Å². The maximum Gasteiger partial charge on any atom is 0.00103 e. The maximum atomic E-state index is 3.52. The van der Waals surface area contributed by atoms with Crippen LogP contribution in [0.3, 0.4) is 0 Å². The van der Waals surface area contributed by atoms with Crippen LogP contribution in [0.2, 0.25) is 0 Å². The number of hydrogen-bond donors (Lipinski definition) is 1. The molecule has 0 aromatic rings. The number of nitrogens with one attached hydrogen (secondary N) is 1. The SMILES string of the molecule is CCCCCCCCCCCCC(C)CCNC(C)C. The van der Waals surface area contributed by atoms with Gasteiger partial charge < -0.3 is 5.32 Å². The highest BCUT2D eigenvalue weighted by atomic mass is 14.9. The monoisotopic (exact) mass is 283 g/mol. The van der Waals surface area contributed by atoms with E-state index in [1.807, 2.05) is 0 Å². The standard InChI is InChI=1S/C19H41N/c1-5-6-7-8-9-10-11-12-13-14-15-19(4)16-17-20-18(2)3/h18-20H,5-17H2,1-4H3. The summed E-state index contributed by atoms with van der Waals surface area (Å²) in [4.78, 5) is 0. The quantitative estimate of drug-likeness (QED) is 0.347. The number of hydrogen-bond acceptors (Lipinski definition) is 1. The zero-order valence-corrected chi connectivity index (χ0v) is 14.8. The fourth-order valence-corrected chi connectivity index (χ4v) is 2.74. The van der Waals surface area contributed by atoms with E-state index in [9.17, 15) is 0 Å². The van der Waals surface area contributed by atoms with E-state index in [4.69, 9.17) is 0 Å². The van der Waals surface area contributed by atoms with Crippen molar-refractivity contribution in [2.45, 2.75) is 111 Å². The summed E-state index contributed by atoms with van der Waals surface area (Å²) in [5.41, 5.74) is 0. The molecule has 1 heteroatoms. The molecule has 0 saturated heterocycles. The van der Waals surface area contributed by atoms with Gasteiger partial charge in [0, 0.05) is 6.04 Å². The van der Waals surface area contributed by atoms with Crippen LogP contribution in [-0.2, 0) is 0 Å². The molecule has 1 nitrogen and oxygen atoms in total. The largest absolute Gasteiger partial charge is 0.315 e. The molecule has 1 atom stereocenters. The van der Waals surface area contributed by atoms with Gasteiger partial charge in [0.2, 0.25) is 0 Å². The summed E-state index contributed by atoms with van der Waals surface area (Å²) in [7, 11) is 0. The fraction of sp³-hybridized carbons (Fsp3) is 1.00. The van der Waals surface area contributed by atoms with E-state index in [1.165, 1.54) is 83.6 Å². The molecule has 20 heavy (non-hydrogen) atoms. The van der Waals surface area contributed by atoms with Crippen molar-refractivity contribution in [3.05, 3.63) is 0 Å². The zero-order chi connectivity index (χ0) is 15.1. The summed E-state index contributed by atoms with van der Waals surface area (Å²) >= 11 is 0. The Hall–Kier alpha value is -0.0400. The van der Waals surface area contributed by atoms with Gasteiger partial charge in [0.05, 0.1) is 0 Å². The smallest absolute Gasteiger partial charge is 0.00103 e. The van der Waals surface area contributed by atoms with Gasteiger partial charge in [0.15, 0.2) is 0 Å². The van der Waals surface area contributed by atoms with Crippen LogP contribution in [-0.4, -0.2) is 12.6 Å². The minimum atomic E-state index is 0.638. The minimum absolute atomic E-state index is 0.638. The predicted octanol–water partition coefficient (Wildman–Crippen LogP) is 6.32. The van der Waals surface area contributed by atoms with Crippen molar-refractivity contribution in [2.75, 3.05) is 6.54 Å². The van der Waals surface area contributed by atoms with Gasteiger partial charge in [-0.05, 0) is 18.9 Å². The first-order chi connectivity index (χ1) is 9.66. The summed E-state index contributed by atoms with van der Waals surface area (Å²) in [6.07, 6.45) is 17.3. The molecule has 0 saturated carbocycles. The Bertz CT molecular complexity index is 177. The van der Waals surface area contributed by atoms with Gasteiger partial charge in [-0.2, -0.15) is 0 Å². The third kappa shape index (κ3) is 16.0. The zero-order valence-electron chi connectivity index (χ0n) is 14.8. The molecular formula is C19H41N. The molecule has 0 aromatic heterocycles. The second-order valence-electron chi connectivity index (χ2n) is 6.97. The average molecular weight is 284 g/mol. The van der Waals surface area contributed by atoms with Crippen LogP contribution in [0.5, 0.6) is 0 Å². The summed E-state index contributed by atoms with van der Waals surface area (Å²) < 4.78 is 0. The molecule has 1 N–H and O–H groups in total. The summed E-state index contributed by atoms with van der Waals surface area (Å²) in [6, 6.07) is 0.638. The summed E-state index contributed by atoms with van der Waals surface area (Å²) in [6.45, 7) is 10.4. The van der Waals surface area contributed by atoms with Gasteiger partial charge in [0.25, 0.3) is 0 Å². The number of unbranched alkanes of at least 4 members (excludes halogenated alkanes) is 9. The lowest BCUT2D eigenvalue weighted by Gasteiger charge is -2.13. The first-order valence-corrected chi connectivity index (χ1v) is 9.40. The highest BCUT2D eigenvalue weighted by molar-refractivity contribution is 4.59. The van der Waals surface area contributed by atoms with Crippen LogP contribution in [0.25, 0.3) is 0 Å². The van der Waals surface area contributed by atoms with E-state index in [-0.39, 0.29) is 0 Å². The van der Waals surface area contributed by atoms with Gasteiger partial charge in [0.1, 0.15) is 0 Å². The normalized spacial score (nSPS) is 13.1. The van der Waals surface area contributed by atoms with E-state index in [0.717, 1.165) is 5.92 Å². The molecule has 1 unspecified atom stereocenters. The third-order valence-electron chi connectivity index (χ3n) is 4.24. The van der Waals surface area contributed by atoms with Crippen LogP contribution in [0.15, 0.2) is 0 Å². The predicted molar refractivity (Wildman–Crippen MR) is 93.4 cm³/mol. The topological polar surface area (TPSA) is 12.0 Å². The molecule has 122 valence electrons. The van der Waals surface area contributed by atoms with Crippen LogP contribution in [0.4, 0.5) is 0 Å². The van der Waals surface area contributed by atoms with Gasteiger partial charge in [-0.1, -0.05) is 98.3 Å². The molecule has 0 spiro atoms. The van der Waals surface area contributed by atoms with E-state index in [0.29, 0.717) is 6.04 Å². The lowest BCUT2D eigenvalue weighted by molar-refractivity contribution is 0.430. The van der Waals surface area contributed by atoms with Crippen LogP contribution in [0.1, 0.15) is 105 Å². The van der Waals surface area contributed by atoms with Crippen molar-refractivity contribution in [1.82, 2.24) is 5.32 Å². The van der Waals surface area contributed by atoms with Gasteiger partial charge in [-0.15, -0.1) is 0 Å². The number of rotatable bonds is 15. The molecule has 0 aromatic carbocycles. The second kappa shape index (κ2) is 15.4. The van der Waals surface area contributed by atoms with Crippen molar-refractivity contribution >= 4 is 0 Å². The highest BCUT2D eigenvalue weighted by Crippen LogP contribution is 2.15. The Morgan fingerprint density at radius 2 is 1.15 bits per heavy atom. The van der Waals surface area contributed by atoms with Crippen molar-refractivity contribution < 1.29 is 0 Å². The molecule has 0 radical (unpaired) electrons. The van der Waals surface area contributed by atoms with Gasteiger partial charge in [-0.25, -0.2) is 0 Å². The first kappa shape index (κ1) is 20.0. The van der Waals surface area contributed by atoms with Crippen molar-refractivity contribution in [3.63, 3.8) is 0 Å². The summed E-state index contributed by atoms with van der Waals surface area (Å²) in [5.74, 6) is 0.898. The molecule has 0 rings (SSSR count). The Morgan fingerprint density at radius 1 is 0.650 bits per heavy atom. The van der Waals surface area contributed by atoms with Gasteiger partial charge >= 0.3 is 0 Å². The summed E-state index contributed by atoms with van der Waals surface area (Å²) in [5, 5.41) is 3.52. The Morgan fingerprint density at radius 3 is 1.65 bits per heavy atom. The average Bonchev–Trinajstić information content (AvgIpc) is 2.40. The second-order valence-corrected chi connectivity index (χ2v) is 6.97. The van der Waals surface area contributed by atoms with Crippen LogP contribution in [0, 0.1) is 5.92 Å². The van der Waals surface area contributed by atoms with Crippen molar-refractivity contribution in [3.8, 4) is 0 Å². The molecule has 0 fully saturated rings. The van der Waals surface area contributed by atoms with E-state index in [2.05, 4.69) is 33.0 Å². The molecule has 0 heterocycles. The molecule has 0 aliphatic heterocycles. The minimum Gasteiger partial charge on any atom is -0.315 e. The van der Waals surface area contributed by atoms with Crippen LogP contribution >= 0.6 is 0 Å².